The van der Waals surface area contributed by atoms with Gasteiger partial charge in [0.15, 0.2) is 0 Å². The molecule has 0 bridgehead atoms. The Bertz CT molecular complexity index is 232. The summed E-state index contributed by atoms with van der Waals surface area (Å²) in [4.78, 5) is 0. The number of rotatable bonds is 1. The highest BCUT2D eigenvalue weighted by Crippen LogP contribution is 2.16. The highest BCUT2D eigenvalue weighted by Gasteiger charge is 2.13. The summed E-state index contributed by atoms with van der Waals surface area (Å²) in [5.41, 5.74) is 7.20. The van der Waals surface area contributed by atoms with Crippen LogP contribution in [-0.2, 0) is 4.74 Å². The van der Waals surface area contributed by atoms with E-state index in [0.717, 1.165) is 6.54 Å². The fourth-order valence-electron chi connectivity index (χ4n) is 1.30. The lowest BCUT2D eigenvalue weighted by molar-refractivity contribution is -0.00343. The summed E-state index contributed by atoms with van der Waals surface area (Å²) in [5, 5.41) is 0. The first-order valence-corrected chi connectivity index (χ1v) is 4.09. The van der Waals surface area contributed by atoms with Crippen molar-refractivity contribution in [3.63, 3.8) is 0 Å². The van der Waals surface area contributed by atoms with E-state index in [2.05, 4.69) is 23.0 Å². The molecule has 1 aromatic carbocycles. The molecule has 0 aliphatic carbocycles. The van der Waals surface area contributed by atoms with E-state index in [-0.39, 0.29) is 6.10 Å². The molecule has 0 saturated carbocycles. The zero-order chi connectivity index (χ0) is 8.23. The van der Waals surface area contributed by atoms with Crippen LogP contribution in [0.5, 0.6) is 0 Å². The van der Waals surface area contributed by atoms with Crippen LogP contribution < -0.4 is 10.9 Å². The quantitative estimate of drug-likeness (QED) is 0.644. The number of benzene rings is 1. The van der Waals surface area contributed by atoms with Crippen molar-refractivity contribution in [1.29, 1.82) is 0 Å². The highest BCUT2D eigenvalue weighted by atomic mass is 16.5. The van der Waals surface area contributed by atoms with Crippen LogP contribution in [0.15, 0.2) is 30.3 Å². The minimum atomic E-state index is 0.187. The summed E-state index contributed by atoms with van der Waals surface area (Å²) < 4.78 is 5.49. The number of hydrazine groups is 1. The summed E-state index contributed by atoms with van der Waals surface area (Å²) in [6.45, 7) is 1.39. The Labute approximate surface area is 71.7 Å². The van der Waals surface area contributed by atoms with E-state index in [4.69, 9.17) is 4.74 Å². The molecule has 1 aromatic rings. The molecule has 1 aliphatic heterocycles. The second kappa shape index (κ2) is 3.67. The van der Waals surface area contributed by atoms with Crippen molar-refractivity contribution in [3.8, 4) is 0 Å². The van der Waals surface area contributed by atoms with Gasteiger partial charge in [-0.1, -0.05) is 30.3 Å². The molecule has 1 unspecified atom stereocenters. The van der Waals surface area contributed by atoms with Gasteiger partial charge in [0.2, 0.25) is 0 Å². The number of hydrogen-bond donors (Lipinski definition) is 2. The molecule has 0 spiro atoms. The van der Waals surface area contributed by atoms with Crippen molar-refractivity contribution in [3.05, 3.63) is 35.9 Å². The predicted molar refractivity (Wildman–Crippen MR) is 46.3 cm³/mol. The average molecular weight is 164 g/mol. The second-order valence-electron chi connectivity index (χ2n) is 2.77. The fourth-order valence-corrected chi connectivity index (χ4v) is 1.30. The molecular formula is C9H12N2O. The third-order valence-corrected chi connectivity index (χ3v) is 1.94. The van der Waals surface area contributed by atoms with E-state index in [9.17, 15) is 0 Å². The van der Waals surface area contributed by atoms with Gasteiger partial charge in [0.05, 0.1) is 6.10 Å². The second-order valence-corrected chi connectivity index (χ2v) is 2.77. The van der Waals surface area contributed by atoms with Crippen LogP contribution in [0.1, 0.15) is 11.7 Å². The maximum atomic E-state index is 5.49. The number of hydrogen-bond acceptors (Lipinski definition) is 3. The molecule has 1 heterocycles. The molecule has 1 aliphatic rings. The molecule has 0 aromatic heterocycles. The van der Waals surface area contributed by atoms with Crippen molar-refractivity contribution in [2.24, 2.45) is 0 Å². The molecule has 3 heteroatoms. The third-order valence-electron chi connectivity index (χ3n) is 1.94. The Morgan fingerprint density at radius 3 is 2.67 bits per heavy atom. The average Bonchev–Trinajstić information content (AvgIpc) is 2.21. The standard InChI is InChI=1S/C9H12N2O/c1-2-4-8(5-3-1)9-6-10-11-7-12-9/h1-5,9-11H,6-7H2. The molecule has 1 fully saturated rings. The maximum absolute atomic E-state index is 5.49. The zero-order valence-corrected chi connectivity index (χ0v) is 6.79. The van der Waals surface area contributed by atoms with Gasteiger partial charge in [-0.05, 0) is 5.56 Å². The van der Waals surface area contributed by atoms with Crippen LogP contribution >= 0.6 is 0 Å². The van der Waals surface area contributed by atoms with E-state index >= 15 is 0 Å². The third kappa shape index (κ3) is 1.64. The Hall–Kier alpha value is -0.900. The van der Waals surface area contributed by atoms with Crippen molar-refractivity contribution in [1.82, 2.24) is 10.9 Å². The van der Waals surface area contributed by atoms with E-state index in [1.807, 2.05) is 18.2 Å². The summed E-state index contributed by atoms with van der Waals surface area (Å²) in [6, 6.07) is 10.2. The normalized spacial score (nSPS) is 23.8. The summed E-state index contributed by atoms with van der Waals surface area (Å²) in [7, 11) is 0. The lowest BCUT2D eigenvalue weighted by Crippen LogP contribution is -2.43. The number of nitrogens with one attached hydrogen (secondary N) is 2. The van der Waals surface area contributed by atoms with E-state index in [1.54, 1.807) is 0 Å². The molecule has 2 N–H and O–H groups in total. The molecule has 0 amide bonds. The van der Waals surface area contributed by atoms with Crippen molar-refractivity contribution in [2.45, 2.75) is 6.10 Å². The molecule has 3 nitrogen and oxygen atoms in total. The summed E-state index contributed by atoms with van der Waals surface area (Å²) >= 11 is 0. The number of ether oxygens (including phenoxy) is 1. The Morgan fingerprint density at radius 1 is 1.17 bits per heavy atom. The minimum absolute atomic E-state index is 0.187. The van der Waals surface area contributed by atoms with Gasteiger partial charge in [0.25, 0.3) is 0 Å². The van der Waals surface area contributed by atoms with Crippen LogP contribution in [-0.4, -0.2) is 13.3 Å². The molecule has 2 rings (SSSR count). The summed E-state index contributed by atoms with van der Waals surface area (Å²) in [6.07, 6.45) is 0.187. The Balaban J connectivity index is 2.08. The topological polar surface area (TPSA) is 33.3 Å². The Morgan fingerprint density at radius 2 is 2.00 bits per heavy atom. The zero-order valence-electron chi connectivity index (χ0n) is 6.79. The van der Waals surface area contributed by atoms with Gasteiger partial charge in [-0.15, -0.1) is 0 Å². The first kappa shape index (κ1) is 7.73. The van der Waals surface area contributed by atoms with Gasteiger partial charge in [-0.25, -0.2) is 5.43 Å². The molecule has 64 valence electrons. The van der Waals surface area contributed by atoms with Crippen LogP contribution in [0.2, 0.25) is 0 Å². The highest BCUT2D eigenvalue weighted by molar-refractivity contribution is 5.17. The van der Waals surface area contributed by atoms with Gasteiger partial charge >= 0.3 is 0 Å². The van der Waals surface area contributed by atoms with Crippen molar-refractivity contribution < 1.29 is 4.74 Å². The van der Waals surface area contributed by atoms with Crippen molar-refractivity contribution >= 4 is 0 Å². The monoisotopic (exact) mass is 164 g/mol. The first-order chi connectivity index (χ1) is 5.97. The van der Waals surface area contributed by atoms with Gasteiger partial charge in [-0.2, -0.15) is 0 Å². The van der Waals surface area contributed by atoms with Gasteiger partial charge in [0.1, 0.15) is 6.73 Å². The van der Waals surface area contributed by atoms with E-state index in [1.165, 1.54) is 5.56 Å². The van der Waals surface area contributed by atoms with Gasteiger partial charge < -0.3 is 4.74 Å². The summed E-state index contributed by atoms with van der Waals surface area (Å²) in [5.74, 6) is 0. The fraction of sp³-hybridized carbons (Fsp3) is 0.333. The molecule has 12 heavy (non-hydrogen) atoms. The predicted octanol–water partition coefficient (Wildman–Crippen LogP) is 0.810. The van der Waals surface area contributed by atoms with Crippen LogP contribution in [0, 0.1) is 0 Å². The van der Waals surface area contributed by atoms with Crippen LogP contribution in [0.4, 0.5) is 0 Å². The molecule has 1 atom stereocenters. The molecule has 1 saturated heterocycles. The van der Waals surface area contributed by atoms with Crippen molar-refractivity contribution in [2.75, 3.05) is 13.3 Å². The lowest BCUT2D eigenvalue weighted by atomic mass is 10.1. The maximum Gasteiger partial charge on any atom is 0.110 e. The Kier molecular flexibility index (Phi) is 2.36. The smallest absolute Gasteiger partial charge is 0.110 e. The van der Waals surface area contributed by atoms with Crippen LogP contribution in [0.3, 0.4) is 0 Å². The molecule has 0 radical (unpaired) electrons. The SMILES string of the molecule is c1ccc(C2CNNCO2)cc1. The largest absolute Gasteiger partial charge is 0.356 e. The minimum Gasteiger partial charge on any atom is -0.356 e. The van der Waals surface area contributed by atoms with Crippen LogP contribution in [0.25, 0.3) is 0 Å². The molecular weight excluding hydrogens is 152 g/mol. The lowest BCUT2D eigenvalue weighted by Gasteiger charge is -2.24. The van der Waals surface area contributed by atoms with E-state index < -0.39 is 0 Å². The van der Waals surface area contributed by atoms with Gasteiger partial charge in [-0.3, -0.25) is 5.43 Å². The van der Waals surface area contributed by atoms with Gasteiger partial charge in [0, 0.05) is 6.54 Å². The van der Waals surface area contributed by atoms with E-state index in [0.29, 0.717) is 6.73 Å². The first-order valence-electron chi connectivity index (χ1n) is 4.09.